The summed E-state index contributed by atoms with van der Waals surface area (Å²) in [6, 6.07) is 0.662. The van der Waals surface area contributed by atoms with Crippen molar-refractivity contribution in [1.82, 2.24) is 4.98 Å². The van der Waals surface area contributed by atoms with E-state index in [9.17, 15) is 18.0 Å². The first kappa shape index (κ1) is 12.5. The van der Waals surface area contributed by atoms with Crippen molar-refractivity contribution >= 4 is 14.1 Å². The van der Waals surface area contributed by atoms with Gasteiger partial charge in [-0.15, -0.1) is 0 Å². The summed E-state index contributed by atoms with van der Waals surface area (Å²) >= 11 is 0. The van der Waals surface area contributed by atoms with Crippen molar-refractivity contribution in [3.05, 3.63) is 0 Å². The zero-order chi connectivity index (χ0) is 10.7. The lowest BCUT2D eigenvalue weighted by Crippen LogP contribution is -2.52. The molecule has 0 aromatic carbocycles. The highest BCUT2D eigenvalue weighted by atomic mass is 28.3. The van der Waals surface area contributed by atoms with E-state index in [2.05, 4.69) is 4.98 Å². The Hall–Kier alpha value is -0.523. The third-order valence-electron chi connectivity index (χ3n) is 1.58. The van der Waals surface area contributed by atoms with Gasteiger partial charge in [0.1, 0.15) is 0 Å². The molecule has 0 rings (SSSR count). The van der Waals surface area contributed by atoms with Crippen LogP contribution in [0.15, 0.2) is 0 Å². The molecule has 0 aliphatic heterocycles. The Bertz CT molecular complexity index is 191. The average molecular weight is 213 g/mol. The van der Waals surface area contributed by atoms with Crippen LogP contribution in [0.1, 0.15) is 13.3 Å². The van der Waals surface area contributed by atoms with Crippen LogP contribution in [-0.2, 0) is 4.79 Å². The molecule has 0 saturated carbocycles. The van der Waals surface area contributed by atoms with Crippen molar-refractivity contribution in [2.75, 3.05) is 0 Å². The molecule has 0 saturated heterocycles. The molecule has 0 fully saturated rings. The van der Waals surface area contributed by atoms with E-state index < -0.39 is 20.3 Å². The molecule has 6 heteroatoms. The van der Waals surface area contributed by atoms with Gasteiger partial charge in [0.25, 0.3) is 0 Å². The molecular weight excluding hydrogens is 199 g/mol. The lowest BCUT2D eigenvalue weighted by atomic mass is 10.6. The number of amides is 1. The first-order valence-electron chi connectivity index (χ1n) is 4.08. The van der Waals surface area contributed by atoms with Crippen molar-refractivity contribution in [1.29, 1.82) is 0 Å². The first-order valence-corrected chi connectivity index (χ1v) is 7.29. The van der Waals surface area contributed by atoms with Crippen LogP contribution in [0.2, 0.25) is 19.1 Å². The molecule has 0 spiro atoms. The molecule has 2 nitrogen and oxygen atoms in total. The van der Waals surface area contributed by atoms with Crippen LogP contribution in [0.3, 0.4) is 0 Å². The quantitative estimate of drug-likeness (QED) is 0.716. The van der Waals surface area contributed by atoms with Crippen LogP contribution in [0.25, 0.3) is 0 Å². The zero-order valence-corrected chi connectivity index (χ0v) is 8.96. The molecular formula is C7H14F3NOSi. The van der Waals surface area contributed by atoms with E-state index in [0.29, 0.717) is 6.04 Å². The Labute approximate surface area is 76.6 Å². The molecule has 0 radical (unpaired) electrons. The molecule has 0 aliphatic carbocycles. The normalized spacial score (nSPS) is 12.8. The van der Waals surface area contributed by atoms with Crippen LogP contribution in [0.4, 0.5) is 13.2 Å². The summed E-state index contributed by atoms with van der Waals surface area (Å²) < 4.78 is 35.5. The first-order chi connectivity index (χ1) is 5.69. The van der Waals surface area contributed by atoms with Crippen molar-refractivity contribution in [3.8, 4) is 0 Å². The Balaban J connectivity index is 4.20. The fourth-order valence-electron chi connectivity index (χ4n) is 1.07. The standard InChI is InChI=1S/C7H14F3NOSi/c1-4-5-13(2,3)11-6(12)7(8,9)10/h4-5H2,1-3H3,(H,11,12). The van der Waals surface area contributed by atoms with Gasteiger partial charge in [0.05, 0.1) is 0 Å². The van der Waals surface area contributed by atoms with Crippen molar-refractivity contribution in [2.24, 2.45) is 0 Å². The number of hydrogen-bond donors (Lipinski definition) is 1. The van der Waals surface area contributed by atoms with Gasteiger partial charge in [-0.2, -0.15) is 13.2 Å². The van der Waals surface area contributed by atoms with Crippen molar-refractivity contribution in [3.63, 3.8) is 0 Å². The van der Waals surface area contributed by atoms with E-state index in [-0.39, 0.29) is 0 Å². The summed E-state index contributed by atoms with van der Waals surface area (Å²) in [5, 5.41) is 0. The Kier molecular flexibility index (Phi) is 3.96. The van der Waals surface area contributed by atoms with Crippen LogP contribution in [-0.4, -0.2) is 20.3 Å². The number of halogens is 3. The highest BCUT2D eigenvalue weighted by molar-refractivity contribution is 6.77. The summed E-state index contributed by atoms with van der Waals surface area (Å²) in [5.41, 5.74) is 0. The summed E-state index contributed by atoms with van der Waals surface area (Å²) in [6.45, 7) is 5.30. The SMILES string of the molecule is CCC[Si](C)(C)NC(=O)C(F)(F)F. The smallest absolute Gasteiger partial charge is 0.374 e. The molecule has 0 heterocycles. The number of carbonyl (C=O) groups is 1. The summed E-state index contributed by atoms with van der Waals surface area (Å²) in [7, 11) is -2.20. The lowest BCUT2D eigenvalue weighted by Gasteiger charge is -2.23. The van der Waals surface area contributed by atoms with Crippen LogP contribution < -0.4 is 4.98 Å². The van der Waals surface area contributed by atoms with Gasteiger partial charge >= 0.3 is 12.1 Å². The minimum absolute atomic E-state index is 0.662. The Morgan fingerprint density at radius 1 is 1.38 bits per heavy atom. The molecule has 1 amide bonds. The van der Waals surface area contributed by atoms with E-state index in [1.165, 1.54) is 0 Å². The van der Waals surface area contributed by atoms with Gasteiger partial charge in [0.2, 0.25) is 0 Å². The summed E-state index contributed by atoms with van der Waals surface area (Å²) in [5.74, 6) is -1.81. The van der Waals surface area contributed by atoms with Gasteiger partial charge < -0.3 is 4.98 Å². The second-order valence-electron chi connectivity index (χ2n) is 3.59. The minimum atomic E-state index is -4.75. The highest BCUT2D eigenvalue weighted by Crippen LogP contribution is 2.17. The van der Waals surface area contributed by atoms with Crippen molar-refractivity contribution < 1.29 is 18.0 Å². The maximum Gasteiger partial charge on any atom is 0.470 e. The zero-order valence-electron chi connectivity index (χ0n) is 7.96. The van der Waals surface area contributed by atoms with Gasteiger partial charge in [0.15, 0.2) is 8.24 Å². The Morgan fingerprint density at radius 3 is 2.15 bits per heavy atom. The maximum absolute atomic E-state index is 11.8. The van der Waals surface area contributed by atoms with Crippen LogP contribution in [0.5, 0.6) is 0 Å². The van der Waals surface area contributed by atoms with Gasteiger partial charge in [-0.25, -0.2) is 0 Å². The third kappa shape index (κ3) is 4.92. The molecule has 0 aliphatic rings. The van der Waals surface area contributed by atoms with Gasteiger partial charge in [0, 0.05) is 0 Å². The number of hydrogen-bond acceptors (Lipinski definition) is 1. The number of alkyl halides is 3. The molecule has 78 valence electrons. The third-order valence-corrected chi connectivity index (χ3v) is 4.24. The lowest BCUT2D eigenvalue weighted by molar-refractivity contribution is -0.171. The highest BCUT2D eigenvalue weighted by Gasteiger charge is 2.41. The molecule has 0 atom stereocenters. The maximum atomic E-state index is 11.8. The second-order valence-corrected chi connectivity index (χ2v) is 8.10. The molecule has 0 bridgehead atoms. The van der Waals surface area contributed by atoms with Gasteiger partial charge in [-0.3, -0.25) is 4.79 Å². The molecule has 0 aromatic heterocycles. The van der Waals surface area contributed by atoms with Crippen molar-refractivity contribution in [2.45, 2.75) is 38.7 Å². The van der Waals surface area contributed by atoms with E-state index >= 15 is 0 Å². The van der Waals surface area contributed by atoms with Gasteiger partial charge in [-0.05, 0) is 6.04 Å². The minimum Gasteiger partial charge on any atom is -0.374 e. The number of rotatable bonds is 3. The molecule has 0 aromatic rings. The fourth-order valence-corrected chi connectivity index (χ4v) is 3.20. The number of carbonyl (C=O) groups excluding carboxylic acids is 1. The predicted molar refractivity (Wildman–Crippen MR) is 46.8 cm³/mol. The monoisotopic (exact) mass is 213 g/mol. The summed E-state index contributed by atoms with van der Waals surface area (Å²) in [4.78, 5) is 12.6. The largest absolute Gasteiger partial charge is 0.470 e. The molecule has 13 heavy (non-hydrogen) atoms. The predicted octanol–water partition coefficient (Wildman–Crippen LogP) is 2.28. The fraction of sp³-hybridized carbons (Fsp3) is 0.857. The number of nitrogens with one attached hydrogen (secondary N) is 1. The van der Waals surface area contributed by atoms with E-state index in [0.717, 1.165) is 6.42 Å². The van der Waals surface area contributed by atoms with E-state index in [1.807, 2.05) is 6.92 Å². The average Bonchev–Trinajstić information content (AvgIpc) is 1.83. The van der Waals surface area contributed by atoms with E-state index in [1.54, 1.807) is 13.1 Å². The molecule has 0 unspecified atom stereocenters. The Morgan fingerprint density at radius 2 is 1.85 bits per heavy atom. The van der Waals surface area contributed by atoms with E-state index in [4.69, 9.17) is 0 Å². The van der Waals surface area contributed by atoms with Crippen LogP contribution in [0, 0.1) is 0 Å². The van der Waals surface area contributed by atoms with Crippen LogP contribution >= 0.6 is 0 Å². The topological polar surface area (TPSA) is 29.1 Å². The summed E-state index contributed by atoms with van der Waals surface area (Å²) in [6.07, 6.45) is -3.96. The molecule has 1 N–H and O–H groups in total. The second kappa shape index (κ2) is 4.12. The van der Waals surface area contributed by atoms with Gasteiger partial charge in [-0.1, -0.05) is 26.4 Å².